The van der Waals surface area contributed by atoms with E-state index in [1.807, 2.05) is 0 Å². The van der Waals surface area contributed by atoms with E-state index in [1.165, 1.54) is 12.2 Å². The highest BCUT2D eigenvalue weighted by Crippen LogP contribution is 2.51. The van der Waals surface area contributed by atoms with E-state index in [4.69, 9.17) is 16.4 Å². The maximum absolute atomic E-state index is 11.8. The van der Waals surface area contributed by atoms with Crippen molar-refractivity contribution in [3.63, 3.8) is 0 Å². The molecule has 5 heteroatoms. The normalized spacial score (nSPS) is 22.3. The Labute approximate surface area is 105 Å². The number of benzene rings is 1. The van der Waals surface area contributed by atoms with Crippen molar-refractivity contribution in [1.29, 1.82) is 0 Å². The maximum Gasteiger partial charge on any atom is 0.249 e. The number of aromatic hydroxyl groups is 1. The van der Waals surface area contributed by atoms with Crippen molar-refractivity contribution in [2.24, 2.45) is 5.92 Å². The predicted octanol–water partition coefficient (Wildman–Crippen LogP) is 2.17. The Hall–Kier alpha value is -1.26. The van der Waals surface area contributed by atoms with Gasteiger partial charge in [0.2, 0.25) is 5.91 Å². The summed E-state index contributed by atoms with van der Waals surface area (Å²) in [4.78, 5) is 16.6. The zero-order valence-electron chi connectivity index (χ0n) is 9.68. The molecule has 0 bridgehead atoms. The second kappa shape index (κ2) is 4.55. The molecular weight excluding hydrogens is 242 g/mol. The highest BCUT2D eigenvalue weighted by molar-refractivity contribution is 6.30. The van der Waals surface area contributed by atoms with Crippen LogP contribution < -0.4 is 0 Å². The lowest BCUT2D eigenvalue weighted by molar-refractivity contribution is -0.170. The number of halogens is 1. The number of hydrogen-bond acceptors (Lipinski definition) is 3. The third kappa shape index (κ3) is 2.37. The molecule has 0 saturated heterocycles. The molecule has 1 fully saturated rings. The number of phenols is 1. The fourth-order valence-corrected chi connectivity index (χ4v) is 2.14. The fraction of sp³-hybridized carbons (Fsp3) is 0.417. The quantitative estimate of drug-likeness (QED) is 0.842. The van der Waals surface area contributed by atoms with Gasteiger partial charge < -0.3 is 5.11 Å². The van der Waals surface area contributed by atoms with E-state index in [9.17, 15) is 9.90 Å². The lowest BCUT2D eigenvalue weighted by Gasteiger charge is -2.13. The number of nitrogens with zero attached hydrogens (tertiary/aromatic N) is 1. The average molecular weight is 256 g/mol. The third-order valence-corrected chi connectivity index (χ3v) is 3.32. The van der Waals surface area contributed by atoms with Crippen molar-refractivity contribution >= 4 is 17.5 Å². The molecule has 0 aromatic heterocycles. The molecule has 2 atom stereocenters. The summed E-state index contributed by atoms with van der Waals surface area (Å²) in [6.07, 6.45) is 0.723. The number of rotatable bonds is 3. The van der Waals surface area contributed by atoms with E-state index >= 15 is 0 Å². The van der Waals surface area contributed by atoms with Crippen LogP contribution in [0.2, 0.25) is 5.02 Å². The molecule has 4 nitrogen and oxygen atoms in total. The molecule has 17 heavy (non-hydrogen) atoms. The first kappa shape index (κ1) is 12.2. The number of hydrogen-bond donors (Lipinski definition) is 1. The fourth-order valence-electron chi connectivity index (χ4n) is 1.96. The van der Waals surface area contributed by atoms with E-state index in [2.05, 4.69) is 0 Å². The average Bonchev–Trinajstić information content (AvgIpc) is 3.10. The molecular formula is C12H14ClNO3. The number of carbonyl (C=O) groups is 1. The SMILES string of the molecule is CON(C)C(=O)C1CC1c1cc(Cl)ccc1O. The van der Waals surface area contributed by atoms with Gasteiger partial charge in [0.1, 0.15) is 5.75 Å². The van der Waals surface area contributed by atoms with Crippen molar-refractivity contribution in [3.05, 3.63) is 28.8 Å². The largest absolute Gasteiger partial charge is 0.508 e. The van der Waals surface area contributed by atoms with Gasteiger partial charge in [-0.3, -0.25) is 9.63 Å². The van der Waals surface area contributed by atoms with E-state index in [-0.39, 0.29) is 23.5 Å². The Morgan fingerprint density at radius 1 is 1.59 bits per heavy atom. The molecule has 1 aliphatic carbocycles. The van der Waals surface area contributed by atoms with Crippen molar-refractivity contribution in [1.82, 2.24) is 5.06 Å². The van der Waals surface area contributed by atoms with E-state index < -0.39 is 0 Å². The minimum Gasteiger partial charge on any atom is -0.508 e. The minimum absolute atomic E-state index is 0.0406. The molecule has 1 aromatic carbocycles. The topological polar surface area (TPSA) is 49.8 Å². The molecule has 0 spiro atoms. The Morgan fingerprint density at radius 2 is 2.29 bits per heavy atom. The van der Waals surface area contributed by atoms with Crippen molar-refractivity contribution < 1.29 is 14.7 Å². The van der Waals surface area contributed by atoms with E-state index in [0.717, 1.165) is 12.0 Å². The van der Waals surface area contributed by atoms with Crippen LogP contribution in [0.15, 0.2) is 18.2 Å². The zero-order chi connectivity index (χ0) is 12.6. The molecule has 0 aliphatic heterocycles. The summed E-state index contributed by atoms with van der Waals surface area (Å²) in [7, 11) is 3.03. The Morgan fingerprint density at radius 3 is 2.94 bits per heavy atom. The van der Waals surface area contributed by atoms with Gasteiger partial charge in [-0.05, 0) is 30.2 Å². The molecule has 1 saturated carbocycles. The van der Waals surface area contributed by atoms with Crippen LogP contribution in [0.1, 0.15) is 17.9 Å². The highest BCUT2D eigenvalue weighted by Gasteiger charge is 2.46. The molecule has 1 aliphatic rings. The predicted molar refractivity (Wildman–Crippen MR) is 63.7 cm³/mol. The van der Waals surface area contributed by atoms with Gasteiger partial charge in [-0.1, -0.05) is 11.6 Å². The first-order valence-corrected chi connectivity index (χ1v) is 5.72. The summed E-state index contributed by atoms with van der Waals surface area (Å²) >= 11 is 5.87. The monoisotopic (exact) mass is 255 g/mol. The van der Waals surface area contributed by atoms with Gasteiger partial charge in [0.15, 0.2) is 0 Å². The van der Waals surface area contributed by atoms with Crippen molar-refractivity contribution in [2.45, 2.75) is 12.3 Å². The lowest BCUT2D eigenvalue weighted by Crippen LogP contribution is -2.27. The van der Waals surface area contributed by atoms with Gasteiger partial charge in [-0.25, -0.2) is 5.06 Å². The summed E-state index contributed by atoms with van der Waals surface area (Å²) in [5.41, 5.74) is 0.736. The summed E-state index contributed by atoms with van der Waals surface area (Å²) in [6, 6.07) is 4.89. The first-order chi connectivity index (χ1) is 8.04. The molecule has 2 unspecified atom stereocenters. The van der Waals surface area contributed by atoms with Crippen molar-refractivity contribution in [2.75, 3.05) is 14.2 Å². The Balaban J connectivity index is 2.12. The number of phenolic OH excluding ortho intramolecular Hbond substituents is 1. The first-order valence-electron chi connectivity index (χ1n) is 5.34. The molecule has 92 valence electrons. The summed E-state index contributed by atoms with van der Waals surface area (Å²) in [5, 5.41) is 11.5. The Bertz CT molecular complexity index is 449. The van der Waals surface area contributed by atoms with Gasteiger partial charge in [0.25, 0.3) is 0 Å². The lowest BCUT2D eigenvalue weighted by atomic mass is 10.1. The number of carbonyl (C=O) groups excluding carboxylic acids is 1. The van der Waals surface area contributed by atoms with Crippen LogP contribution in [0.3, 0.4) is 0 Å². The smallest absolute Gasteiger partial charge is 0.249 e. The molecule has 0 radical (unpaired) electrons. The molecule has 1 amide bonds. The van der Waals surface area contributed by atoms with Crippen LogP contribution in [0.25, 0.3) is 0 Å². The zero-order valence-corrected chi connectivity index (χ0v) is 10.4. The molecule has 0 heterocycles. The van der Waals surface area contributed by atoms with Crippen molar-refractivity contribution in [3.8, 4) is 5.75 Å². The van der Waals surface area contributed by atoms with Gasteiger partial charge >= 0.3 is 0 Å². The number of hydroxylamine groups is 2. The highest BCUT2D eigenvalue weighted by atomic mass is 35.5. The molecule has 2 rings (SSSR count). The van der Waals surface area contributed by atoms with Crippen LogP contribution in [0, 0.1) is 5.92 Å². The van der Waals surface area contributed by atoms with Gasteiger partial charge in [-0.15, -0.1) is 0 Å². The third-order valence-electron chi connectivity index (χ3n) is 3.08. The van der Waals surface area contributed by atoms with Crippen LogP contribution >= 0.6 is 11.6 Å². The summed E-state index contributed by atoms with van der Waals surface area (Å²) in [5.74, 6) is 0.0368. The van der Waals surface area contributed by atoms with Crippen LogP contribution in [-0.2, 0) is 9.63 Å². The minimum atomic E-state index is -0.121. The maximum atomic E-state index is 11.8. The van der Waals surface area contributed by atoms with Crippen LogP contribution in [-0.4, -0.2) is 30.2 Å². The summed E-state index contributed by atoms with van der Waals surface area (Å²) in [6.45, 7) is 0. The number of amides is 1. The Kier molecular flexibility index (Phi) is 3.26. The standard InChI is InChI=1S/C12H14ClNO3/c1-14(17-2)12(16)10-6-8(10)9-5-7(13)3-4-11(9)15/h3-5,8,10,15H,6H2,1-2H3. The second-order valence-corrected chi connectivity index (χ2v) is 4.61. The molecule has 1 aromatic rings. The molecule has 1 N–H and O–H groups in total. The van der Waals surface area contributed by atoms with Gasteiger partial charge in [-0.2, -0.15) is 0 Å². The second-order valence-electron chi connectivity index (χ2n) is 4.17. The van der Waals surface area contributed by atoms with Crippen LogP contribution in [0.4, 0.5) is 0 Å². The van der Waals surface area contributed by atoms with Gasteiger partial charge in [0, 0.05) is 23.9 Å². The van der Waals surface area contributed by atoms with Gasteiger partial charge in [0.05, 0.1) is 7.11 Å². The van der Waals surface area contributed by atoms with Crippen LogP contribution in [0.5, 0.6) is 5.75 Å². The van der Waals surface area contributed by atoms with E-state index in [1.54, 1.807) is 25.2 Å². The van der Waals surface area contributed by atoms with E-state index in [0.29, 0.717) is 5.02 Å². The summed E-state index contributed by atoms with van der Waals surface area (Å²) < 4.78 is 0.